The van der Waals surface area contributed by atoms with Crippen molar-refractivity contribution >= 4 is 11.6 Å². The Balaban J connectivity index is 1.75. The van der Waals surface area contributed by atoms with Crippen molar-refractivity contribution in [3.8, 4) is 0 Å². The highest BCUT2D eigenvalue weighted by Crippen LogP contribution is 2.30. The third-order valence-electron chi connectivity index (χ3n) is 4.69. The second-order valence-electron chi connectivity index (χ2n) is 6.86. The Bertz CT molecular complexity index is 522. The highest BCUT2D eigenvalue weighted by molar-refractivity contribution is 5.95. The number of rotatable bonds is 1. The van der Waals surface area contributed by atoms with Crippen molar-refractivity contribution in [1.82, 2.24) is 4.90 Å². The first kappa shape index (κ1) is 13.5. The highest BCUT2D eigenvalue weighted by atomic mass is 16.2. The Morgan fingerprint density at radius 2 is 2.10 bits per heavy atom. The quantitative estimate of drug-likeness (QED) is 0.850. The molecule has 3 heteroatoms. The van der Waals surface area contributed by atoms with Crippen LogP contribution in [0, 0.1) is 5.41 Å². The number of amides is 1. The number of nitrogens with one attached hydrogen (secondary N) is 1. The molecule has 2 aliphatic rings. The molecular formula is C17H24N2O. The molecule has 0 saturated carbocycles. The van der Waals surface area contributed by atoms with Crippen LogP contribution < -0.4 is 5.32 Å². The molecule has 1 aromatic carbocycles. The molecule has 0 radical (unpaired) electrons. The summed E-state index contributed by atoms with van der Waals surface area (Å²) in [6.07, 6.45) is 4.46. The van der Waals surface area contributed by atoms with E-state index in [1.807, 2.05) is 11.0 Å². The zero-order valence-electron chi connectivity index (χ0n) is 12.5. The van der Waals surface area contributed by atoms with Crippen molar-refractivity contribution in [2.75, 3.05) is 25.0 Å². The molecule has 108 valence electrons. The van der Waals surface area contributed by atoms with Crippen LogP contribution >= 0.6 is 0 Å². The van der Waals surface area contributed by atoms with Crippen LogP contribution in [0.15, 0.2) is 18.2 Å². The molecule has 2 heterocycles. The number of nitrogens with zero attached hydrogens (tertiary/aromatic N) is 1. The first-order valence-corrected chi connectivity index (χ1v) is 7.71. The molecule has 0 atom stereocenters. The minimum atomic E-state index is 0.206. The van der Waals surface area contributed by atoms with Gasteiger partial charge >= 0.3 is 0 Å². The Labute approximate surface area is 121 Å². The summed E-state index contributed by atoms with van der Waals surface area (Å²) in [7, 11) is 0. The summed E-state index contributed by atoms with van der Waals surface area (Å²) in [6.45, 7) is 7.40. The van der Waals surface area contributed by atoms with Gasteiger partial charge in [0.2, 0.25) is 0 Å². The van der Waals surface area contributed by atoms with Gasteiger partial charge in [-0.3, -0.25) is 4.79 Å². The van der Waals surface area contributed by atoms with Gasteiger partial charge in [-0.1, -0.05) is 13.8 Å². The van der Waals surface area contributed by atoms with Gasteiger partial charge in [0.05, 0.1) is 0 Å². The first-order valence-electron chi connectivity index (χ1n) is 7.71. The second-order valence-corrected chi connectivity index (χ2v) is 6.86. The van der Waals surface area contributed by atoms with Crippen LogP contribution in [-0.2, 0) is 6.42 Å². The lowest BCUT2D eigenvalue weighted by Crippen LogP contribution is -2.32. The second kappa shape index (κ2) is 5.12. The van der Waals surface area contributed by atoms with Crippen molar-refractivity contribution in [3.05, 3.63) is 29.3 Å². The van der Waals surface area contributed by atoms with Crippen LogP contribution in [0.1, 0.15) is 49.0 Å². The molecule has 20 heavy (non-hydrogen) atoms. The maximum Gasteiger partial charge on any atom is 0.253 e. The van der Waals surface area contributed by atoms with Gasteiger partial charge in [0.15, 0.2) is 0 Å². The number of fused-ring (bicyclic) bond motifs is 1. The Morgan fingerprint density at radius 1 is 1.25 bits per heavy atom. The molecule has 3 nitrogen and oxygen atoms in total. The summed E-state index contributed by atoms with van der Waals surface area (Å²) in [6, 6.07) is 6.10. The molecule has 1 amide bonds. The largest absolute Gasteiger partial charge is 0.384 e. The van der Waals surface area contributed by atoms with E-state index in [2.05, 4.69) is 31.3 Å². The predicted molar refractivity (Wildman–Crippen MR) is 82.2 cm³/mol. The van der Waals surface area contributed by atoms with Gasteiger partial charge < -0.3 is 10.2 Å². The van der Waals surface area contributed by atoms with Crippen molar-refractivity contribution in [2.24, 2.45) is 5.41 Å². The first-order chi connectivity index (χ1) is 9.55. The molecule has 1 saturated heterocycles. The van der Waals surface area contributed by atoms with Crippen molar-refractivity contribution in [3.63, 3.8) is 0 Å². The lowest BCUT2D eigenvalue weighted by Gasteiger charge is -2.23. The molecule has 0 aliphatic carbocycles. The van der Waals surface area contributed by atoms with E-state index in [0.717, 1.165) is 44.5 Å². The summed E-state index contributed by atoms with van der Waals surface area (Å²) in [5.74, 6) is 0.206. The van der Waals surface area contributed by atoms with Gasteiger partial charge in [-0.15, -0.1) is 0 Å². The number of carbonyl (C=O) groups excluding carboxylic acids is 1. The van der Waals surface area contributed by atoms with Crippen LogP contribution in [0.25, 0.3) is 0 Å². The number of hydrogen-bond donors (Lipinski definition) is 1. The number of carbonyl (C=O) groups is 1. The smallest absolute Gasteiger partial charge is 0.253 e. The van der Waals surface area contributed by atoms with Crippen LogP contribution in [0.2, 0.25) is 0 Å². The average molecular weight is 272 g/mol. The van der Waals surface area contributed by atoms with E-state index in [0.29, 0.717) is 5.41 Å². The van der Waals surface area contributed by atoms with Gasteiger partial charge in [-0.05, 0) is 54.9 Å². The average Bonchev–Trinajstić information content (AvgIpc) is 2.81. The van der Waals surface area contributed by atoms with Gasteiger partial charge in [-0.2, -0.15) is 0 Å². The van der Waals surface area contributed by atoms with Crippen LogP contribution in [0.4, 0.5) is 5.69 Å². The topological polar surface area (TPSA) is 32.3 Å². The fourth-order valence-corrected chi connectivity index (χ4v) is 3.25. The van der Waals surface area contributed by atoms with E-state index in [-0.39, 0.29) is 5.91 Å². The number of hydrogen-bond acceptors (Lipinski definition) is 2. The van der Waals surface area contributed by atoms with Gasteiger partial charge in [0.1, 0.15) is 0 Å². The van der Waals surface area contributed by atoms with E-state index < -0.39 is 0 Å². The Hall–Kier alpha value is -1.51. The zero-order valence-corrected chi connectivity index (χ0v) is 12.5. The molecule has 0 spiro atoms. The summed E-state index contributed by atoms with van der Waals surface area (Å²) >= 11 is 0. The Kier molecular flexibility index (Phi) is 3.45. The molecular weight excluding hydrogens is 248 g/mol. The predicted octanol–water partition coefficient (Wildman–Crippen LogP) is 3.31. The van der Waals surface area contributed by atoms with Crippen LogP contribution in [-0.4, -0.2) is 30.4 Å². The molecule has 0 aromatic heterocycles. The lowest BCUT2D eigenvalue weighted by molar-refractivity contribution is 0.0757. The zero-order chi connectivity index (χ0) is 14.2. The van der Waals surface area contributed by atoms with Crippen molar-refractivity contribution < 1.29 is 4.79 Å². The SMILES string of the molecule is CC1(C)CCCN(C(=O)c2ccc3c(c2)CCN3)CC1. The summed E-state index contributed by atoms with van der Waals surface area (Å²) in [4.78, 5) is 14.7. The fraction of sp³-hybridized carbons (Fsp3) is 0.588. The number of likely N-dealkylation sites (tertiary alicyclic amines) is 1. The lowest BCUT2D eigenvalue weighted by atomic mass is 9.85. The fourth-order valence-electron chi connectivity index (χ4n) is 3.25. The monoisotopic (exact) mass is 272 g/mol. The number of anilines is 1. The molecule has 3 rings (SSSR count). The van der Waals surface area contributed by atoms with Gasteiger partial charge in [0.25, 0.3) is 5.91 Å². The van der Waals surface area contributed by atoms with E-state index in [1.54, 1.807) is 0 Å². The molecule has 2 aliphatic heterocycles. The Morgan fingerprint density at radius 3 is 2.95 bits per heavy atom. The number of benzene rings is 1. The van der Waals surface area contributed by atoms with E-state index in [4.69, 9.17) is 0 Å². The summed E-state index contributed by atoms with van der Waals surface area (Å²) in [5, 5.41) is 3.34. The maximum absolute atomic E-state index is 12.7. The normalized spacial score (nSPS) is 21.0. The molecule has 0 bridgehead atoms. The van der Waals surface area contributed by atoms with E-state index >= 15 is 0 Å². The van der Waals surface area contributed by atoms with Gasteiger partial charge in [-0.25, -0.2) is 0 Å². The minimum Gasteiger partial charge on any atom is -0.384 e. The van der Waals surface area contributed by atoms with Crippen molar-refractivity contribution in [1.29, 1.82) is 0 Å². The molecule has 1 fully saturated rings. The summed E-state index contributed by atoms with van der Waals surface area (Å²) in [5.41, 5.74) is 3.70. The van der Waals surface area contributed by atoms with Crippen LogP contribution in [0.5, 0.6) is 0 Å². The van der Waals surface area contributed by atoms with Crippen molar-refractivity contribution in [2.45, 2.75) is 39.5 Å². The standard InChI is InChI=1S/C17H24N2O/c1-17(2)7-3-10-19(11-8-17)16(20)14-4-5-15-13(12-14)6-9-18-15/h4-5,12,18H,3,6-11H2,1-2H3. The van der Waals surface area contributed by atoms with E-state index in [1.165, 1.54) is 17.7 Å². The third kappa shape index (κ3) is 2.67. The van der Waals surface area contributed by atoms with Gasteiger partial charge in [0, 0.05) is 30.9 Å². The van der Waals surface area contributed by atoms with Crippen LogP contribution in [0.3, 0.4) is 0 Å². The molecule has 1 N–H and O–H groups in total. The minimum absolute atomic E-state index is 0.206. The third-order valence-corrected chi connectivity index (χ3v) is 4.69. The van der Waals surface area contributed by atoms with E-state index in [9.17, 15) is 4.79 Å². The maximum atomic E-state index is 12.7. The molecule has 1 aromatic rings. The summed E-state index contributed by atoms with van der Waals surface area (Å²) < 4.78 is 0. The highest BCUT2D eigenvalue weighted by Gasteiger charge is 2.26. The molecule has 0 unspecified atom stereocenters.